The van der Waals surface area contributed by atoms with Crippen LogP contribution in [0.3, 0.4) is 0 Å². The van der Waals surface area contributed by atoms with Gasteiger partial charge in [-0.1, -0.05) is 13.8 Å². The molecule has 0 spiro atoms. The van der Waals surface area contributed by atoms with Crippen LogP contribution < -0.4 is 5.32 Å². The van der Waals surface area contributed by atoms with Gasteiger partial charge in [-0.05, 0) is 30.0 Å². The van der Waals surface area contributed by atoms with Crippen LogP contribution in [-0.4, -0.2) is 6.54 Å². The molecule has 1 atom stereocenters. The molecule has 3 heteroatoms. The summed E-state index contributed by atoms with van der Waals surface area (Å²) in [6.45, 7) is 4.73. The predicted octanol–water partition coefficient (Wildman–Crippen LogP) is 2.81. The van der Waals surface area contributed by atoms with Crippen LogP contribution in [0.25, 0.3) is 0 Å². The zero-order chi connectivity index (χ0) is 11.0. The van der Waals surface area contributed by atoms with Crippen LogP contribution in [0.4, 0.5) is 8.78 Å². The van der Waals surface area contributed by atoms with Crippen LogP contribution in [0.2, 0.25) is 0 Å². The molecule has 1 fully saturated rings. The highest BCUT2D eigenvalue weighted by Crippen LogP contribution is 2.26. The second kappa shape index (κ2) is 3.89. The molecule has 0 aliphatic carbocycles. The fourth-order valence-electron chi connectivity index (χ4n) is 1.72. The van der Waals surface area contributed by atoms with E-state index >= 15 is 0 Å². The molecule has 0 radical (unpaired) electrons. The summed E-state index contributed by atoms with van der Waals surface area (Å²) in [5.74, 6) is -0.557. The topological polar surface area (TPSA) is 21.9 Å². The Balaban J connectivity index is 2.30. The van der Waals surface area contributed by atoms with E-state index in [1.807, 2.05) is 13.8 Å². The van der Waals surface area contributed by atoms with E-state index < -0.39 is 11.6 Å². The molecule has 15 heavy (non-hydrogen) atoms. The molecule has 1 aliphatic heterocycles. The van der Waals surface area contributed by atoms with Gasteiger partial charge in [-0.15, -0.1) is 0 Å². The van der Waals surface area contributed by atoms with Crippen molar-refractivity contribution < 1.29 is 8.78 Å². The molecule has 0 bridgehead atoms. The van der Waals surface area contributed by atoms with Crippen LogP contribution in [0, 0.1) is 17.6 Å². The van der Waals surface area contributed by atoms with Gasteiger partial charge in [0.15, 0.2) is 0 Å². The van der Waals surface area contributed by atoms with Crippen molar-refractivity contribution in [3.63, 3.8) is 0 Å². The summed E-state index contributed by atoms with van der Waals surface area (Å²) in [5, 5.41) is 3.03. The maximum absolute atomic E-state index is 13.6. The summed E-state index contributed by atoms with van der Waals surface area (Å²) < 4.78 is 27.2. The van der Waals surface area contributed by atoms with Crippen molar-refractivity contribution >= 4 is 0 Å². The lowest BCUT2D eigenvalue weighted by atomic mass is 9.99. The van der Waals surface area contributed by atoms with E-state index in [-0.39, 0.29) is 17.5 Å². The van der Waals surface area contributed by atoms with Gasteiger partial charge in [-0.2, -0.15) is 0 Å². The first-order valence-corrected chi connectivity index (χ1v) is 5.29. The first kappa shape index (κ1) is 10.6. The largest absolute Gasteiger partial charge is 0.307 e. The van der Waals surface area contributed by atoms with Gasteiger partial charge in [0, 0.05) is 18.2 Å². The van der Waals surface area contributed by atoms with E-state index in [1.165, 1.54) is 12.1 Å². The smallest absolute Gasteiger partial charge is 0.129 e. The molecule has 1 unspecified atom stereocenters. The van der Waals surface area contributed by atoms with Crippen molar-refractivity contribution in [1.82, 2.24) is 5.32 Å². The minimum absolute atomic E-state index is 0.155. The summed E-state index contributed by atoms with van der Waals surface area (Å²) >= 11 is 0. The van der Waals surface area contributed by atoms with Crippen LogP contribution >= 0.6 is 0 Å². The van der Waals surface area contributed by atoms with Crippen LogP contribution in [0.1, 0.15) is 31.0 Å². The highest BCUT2D eigenvalue weighted by molar-refractivity contribution is 5.31. The third kappa shape index (κ3) is 2.34. The fraction of sp³-hybridized carbons (Fsp3) is 0.500. The molecule has 2 rings (SSSR count). The molecule has 1 heterocycles. The number of rotatable bonds is 3. The molecule has 0 aromatic heterocycles. The van der Waals surface area contributed by atoms with Gasteiger partial charge in [0.25, 0.3) is 0 Å². The first-order valence-electron chi connectivity index (χ1n) is 5.29. The highest BCUT2D eigenvalue weighted by Gasteiger charge is 2.24. The van der Waals surface area contributed by atoms with Gasteiger partial charge in [0.1, 0.15) is 11.6 Å². The molecule has 82 valence electrons. The van der Waals surface area contributed by atoms with E-state index in [0.29, 0.717) is 6.42 Å². The molecule has 0 amide bonds. The average Bonchev–Trinajstić information content (AvgIpc) is 2.93. The summed E-state index contributed by atoms with van der Waals surface area (Å²) in [6, 6.07) is 3.05. The van der Waals surface area contributed by atoms with Crippen LogP contribution in [0.5, 0.6) is 0 Å². The molecule has 1 aliphatic rings. The Morgan fingerprint density at radius 3 is 2.27 bits per heavy atom. The van der Waals surface area contributed by atoms with Crippen molar-refractivity contribution in [1.29, 1.82) is 0 Å². The Morgan fingerprint density at radius 1 is 1.33 bits per heavy atom. The molecule has 1 aromatic carbocycles. The molecule has 1 saturated heterocycles. The number of nitrogens with one attached hydrogen (secondary N) is 1. The van der Waals surface area contributed by atoms with Crippen LogP contribution in [0.15, 0.2) is 12.1 Å². The molecular weight excluding hydrogens is 196 g/mol. The monoisotopic (exact) mass is 211 g/mol. The van der Waals surface area contributed by atoms with E-state index in [0.717, 1.165) is 12.1 Å². The van der Waals surface area contributed by atoms with Gasteiger partial charge >= 0.3 is 0 Å². The third-order valence-electron chi connectivity index (χ3n) is 2.59. The lowest BCUT2D eigenvalue weighted by Crippen LogP contribution is -2.03. The zero-order valence-corrected chi connectivity index (χ0v) is 8.98. The summed E-state index contributed by atoms with van der Waals surface area (Å²) in [6.07, 6.45) is 0.454. The quantitative estimate of drug-likeness (QED) is 0.763. The second-order valence-electron chi connectivity index (χ2n) is 4.52. The van der Waals surface area contributed by atoms with Crippen molar-refractivity contribution in [2.45, 2.75) is 26.3 Å². The summed E-state index contributed by atoms with van der Waals surface area (Å²) in [4.78, 5) is 0. The maximum atomic E-state index is 13.6. The average molecular weight is 211 g/mol. The van der Waals surface area contributed by atoms with Crippen molar-refractivity contribution in [2.75, 3.05) is 6.54 Å². The predicted molar refractivity (Wildman–Crippen MR) is 55.6 cm³/mol. The zero-order valence-electron chi connectivity index (χ0n) is 8.98. The van der Waals surface area contributed by atoms with Crippen molar-refractivity contribution in [3.8, 4) is 0 Å². The number of benzene rings is 1. The molecule has 1 aromatic rings. The number of hydrogen-bond acceptors (Lipinski definition) is 1. The molecule has 1 N–H and O–H groups in total. The van der Waals surface area contributed by atoms with Gasteiger partial charge < -0.3 is 5.32 Å². The van der Waals surface area contributed by atoms with E-state index in [1.54, 1.807) is 0 Å². The molecule has 1 nitrogen and oxygen atoms in total. The Bertz CT molecular complexity index is 347. The standard InChI is InChI=1S/C12H15F2N/c1-7(2)3-9-10(13)4-8(5-11(9)14)12-6-15-12/h4-5,7,12,15H,3,6H2,1-2H3. The SMILES string of the molecule is CC(C)Cc1c(F)cc(C2CN2)cc1F. The molecule has 0 saturated carbocycles. The first-order chi connectivity index (χ1) is 7.08. The Hall–Kier alpha value is -0.960. The van der Waals surface area contributed by atoms with Crippen LogP contribution in [-0.2, 0) is 6.42 Å². The summed E-state index contributed by atoms with van der Waals surface area (Å²) in [5.41, 5.74) is 0.937. The van der Waals surface area contributed by atoms with Gasteiger partial charge in [-0.25, -0.2) is 8.78 Å². The summed E-state index contributed by atoms with van der Waals surface area (Å²) in [7, 11) is 0. The lowest BCUT2D eigenvalue weighted by molar-refractivity contribution is 0.522. The normalized spacial score (nSPS) is 19.7. The lowest BCUT2D eigenvalue weighted by Gasteiger charge is -2.09. The minimum atomic E-state index is -0.410. The second-order valence-corrected chi connectivity index (χ2v) is 4.52. The van der Waals surface area contributed by atoms with E-state index in [4.69, 9.17) is 0 Å². The maximum Gasteiger partial charge on any atom is 0.129 e. The highest BCUT2D eigenvalue weighted by atomic mass is 19.1. The van der Waals surface area contributed by atoms with E-state index in [9.17, 15) is 8.78 Å². The Morgan fingerprint density at radius 2 is 1.87 bits per heavy atom. The van der Waals surface area contributed by atoms with Gasteiger partial charge in [0.05, 0.1) is 0 Å². The molecular formula is C12H15F2N. The third-order valence-corrected chi connectivity index (χ3v) is 2.59. The van der Waals surface area contributed by atoms with Crippen molar-refractivity contribution in [3.05, 3.63) is 34.9 Å². The van der Waals surface area contributed by atoms with Gasteiger partial charge in [-0.3, -0.25) is 0 Å². The Kier molecular flexibility index (Phi) is 2.74. The number of hydrogen-bond donors (Lipinski definition) is 1. The minimum Gasteiger partial charge on any atom is -0.307 e. The van der Waals surface area contributed by atoms with E-state index in [2.05, 4.69) is 5.32 Å². The fourth-order valence-corrected chi connectivity index (χ4v) is 1.72. The van der Waals surface area contributed by atoms with Crippen molar-refractivity contribution in [2.24, 2.45) is 5.92 Å². The Labute approximate surface area is 88.5 Å². The number of halogens is 2. The van der Waals surface area contributed by atoms with Gasteiger partial charge in [0.2, 0.25) is 0 Å².